The lowest BCUT2D eigenvalue weighted by atomic mass is 10.0. The van der Waals surface area contributed by atoms with E-state index in [-0.39, 0.29) is 23.6 Å². The summed E-state index contributed by atoms with van der Waals surface area (Å²) < 4.78 is 1.74. The SMILES string of the molecule is C#CCC(C)NCc1nnc(C(C)N(C)C)n1-c1cc([N+](=O)[O-])ccc1C(=O)c1ccccc1. The summed E-state index contributed by atoms with van der Waals surface area (Å²) in [5.41, 5.74) is 1.03. The molecule has 0 aliphatic heterocycles. The summed E-state index contributed by atoms with van der Waals surface area (Å²) in [5.74, 6) is 3.46. The van der Waals surface area contributed by atoms with E-state index in [1.165, 1.54) is 18.2 Å². The van der Waals surface area contributed by atoms with Crippen LogP contribution in [0.1, 0.15) is 53.9 Å². The van der Waals surface area contributed by atoms with Gasteiger partial charge in [0.1, 0.15) is 0 Å². The Hall–Kier alpha value is -3.87. The van der Waals surface area contributed by atoms with Crippen molar-refractivity contribution in [1.29, 1.82) is 0 Å². The first-order valence-corrected chi connectivity index (χ1v) is 10.9. The van der Waals surface area contributed by atoms with E-state index in [1.807, 2.05) is 38.9 Å². The number of nitro benzene ring substituents is 1. The molecule has 2 atom stereocenters. The van der Waals surface area contributed by atoms with Crippen molar-refractivity contribution in [2.75, 3.05) is 14.1 Å². The van der Waals surface area contributed by atoms with Gasteiger partial charge in [-0.05, 0) is 34.0 Å². The molecule has 3 rings (SSSR count). The molecule has 1 N–H and O–H groups in total. The van der Waals surface area contributed by atoms with Gasteiger partial charge in [0, 0.05) is 35.7 Å². The molecular formula is C25H28N6O3. The first-order valence-electron chi connectivity index (χ1n) is 10.9. The van der Waals surface area contributed by atoms with Crippen LogP contribution in [0.25, 0.3) is 5.69 Å². The second-order valence-electron chi connectivity index (χ2n) is 8.29. The standard InChI is InChI=1S/C25H28N6O3/c1-6-10-17(2)26-16-23-27-28-25(18(3)29(4)5)30(23)22-15-20(31(33)34)13-14-21(22)24(32)19-11-8-7-9-12-19/h1,7-9,11-15,17-18,26H,10,16H2,2-5H3. The number of rotatable bonds is 10. The number of nitrogens with zero attached hydrogens (tertiary/aromatic N) is 5. The third-order valence-electron chi connectivity index (χ3n) is 5.65. The highest BCUT2D eigenvalue weighted by Gasteiger charge is 2.26. The average Bonchev–Trinajstić information content (AvgIpc) is 3.25. The molecule has 176 valence electrons. The van der Waals surface area contributed by atoms with Gasteiger partial charge in [-0.2, -0.15) is 0 Å². The lowest BCUT2D eigenvalue weighted by molar-refractivity contribution is -0.384. The predicted octanol–water partition coefficient (Wildman–Crippen LogP) is 3.53. The largest absolute Gasteiger partial charge is 0.306 e. The molecule has 0 spiro atoms. The fraction of sp³-hybridized carbons (Fsp3) is 0.320. The maximum atomic E-state index is 13.4. The molecule has 1 heterocycles. The van der Waals surface area contributed by atoms with Crippen LogP contribution in [-0.2, 0) is 6.54 Å². The Labute approximate surface area is 199 Å². The summed E-state index contributed by atoms with van der Waals surface area (Å²) in [6.45, 7) is 4.23. The minimum atomic E-state index is -0.480. The van der Waals surface area contributed by atoms with Crippen molar-refractivity contribution in [2.45, 2.75) is 38.9 Å². The summed E-state index contributed by atoms with van der Waals surface area (Å²) in [6.07, 6.45) is 5.95. The molecule has 9 nitrogen and oxygen atoms in total. The monoisotopic (exact) mass is 460 g/mol. The normalized spacial score (nSPS) is 12.8. The van der Waals surface area contributed by atoms with E-state index in [0.717, 1.165) is 0 Å². The van der Waals surface area contributed by atoms with E-state index in [4.69, 9.17) is 6.42 Å². The van der Waals surface area contributed by atoms with Gasteiger partial charge in [0.2, 0.25) is 0 Å². The van der Waals surface area contributed by atoms with Crippen LogP contribution >= 0.6 is 0 Å². The van der Waals surface area contributed by atoms with Crippen LogP contribution in [0.5, 0.6) is 0 Å². The lowest BCUT2D eigenvalue weighted by Gasteiger charge is -2.22. The predicted molar refractivity (Wildman–Crippen MR) is 130 cm³/mol. The molecule has 9 heteroatoms. The van der Waals surface area contributed by atoms with Crippen LogP contribution in [0, 0.1) is 22.5 Å². The number of nitro groups is 1. The Morgan fingerprint density at radius 2 is 1.91 bits per heavy atom. The molecule has 0 saturated carbocycles. The van der Waals surface area contributed by atoms with Gasteiger partial charge in [-0.25, -0.2) is 0 Å². The van der Waals surface area contributed by atoms with Crippen LogP contribution in [0.3, 0.4) is 0 Å². The minimum absolute atomic E-state index is 0.0282. The van der Waals surface area contributed by atoms with E-state index in [2.05, 4.69) is 21.4 Å². The molecule has 0 aliphatic carbocycles. The van der Waals surface area contributed by atoms with Crippen LogP contribution in [0.15, 0.2) is 48.5 Å². The van der Waals surface area contributed by atoms with E-state index < -0.39 is 4.92 Å². The van der Waals surface area contributed by atoms with Crippen molar-refractivity contribution in [3.8, 4) is 18.0 Å². The molecule has 2 aromatic carbocycles. The molecule has 0 radical (unpaired) electrons. The van der Waals surface area contributed by atoms with Crippen molar-refractivity contribution >= 4 is 11.5 Å². The van der Waals surface area contributed by atoms with Crippen LogP contribution in [-0.4, -0.2) is 50.5 Å². The second-order valence-corrected chi connectivity index (χ2v) is 8.29. The molecule has 1 aromatic heterocycles. The van der Waals surface area contributed by atoms with Crippen LogP contribution in [0.2, 0.25) is 0 Å². The van der Waals surface area contributed by atoms with E-state index in [1.54, 1.807) is 28.8 Å². The topological polar surface area (TPSA) is 106 Å². The molecule has 2 unspecified atom stereocenters. The molecule has 0 fully saturated rings. The Balaban J connectivity index is 2.22. The fourth-order valence-corrected chi connectivity index (χ4v) is 3.48. The third-order valence-corrected chi connectivity index (χ3v) is 5.65. The Kier molecular flexibility index (Phi) is 7.89. The van der Waals surface area contributed by atoms with Gasteiger partial charge in [0.15, 0.2) is 17.4 Å². The highest BCUT2D eigenvalue weighted by Crippen LogP contribution is 2.29. The Morgan fingerprint density at radius 3 is 2.53 bits per heavy atom. The summed E-state index contributed by atoms with van der Waals surface area (Å²) in [7, 11) is 3.81. The van der Waals surface area contributed by atoms with Crippen molar-refractivity contribution in [2.24, 2.45) is 0 Å². The zero-order valence-corrected chi connectivity index (χ0v) is 19.7. The zero-order chi connectivity index (χ0) is 24.8. The number of hydrogen-bond acceptors (Lipinski definition) is 7. The first-order chi connectivity index (χ1) is 16.2. The first kappa shape index (κ1) is 24.8. The van der Waals surface area contributed by atoms with Gasteiger partial charge in [0.25, 0.3) is 5.69 Å². The summed E-state index contributed by atoms with van der Waals surface area (Å²) >= 11 is 0. The molecule has 0 bridgehead atoms. The van der Waals surface area contributed by atoms with Crippen molar-refractivity contribution in [3.63, 3.8) is 0 Å². The van der Waals surface area contributed by atoms with Crippen LogP contribution in [0.4, 0.5) is 5.69 Å². The van der Waals surface area contributed by atoms with Crippen molar-refractivity contribution < 1.29 is 9.72 Å². The van der Waals surface area contributed by atoms with Crippen molar-refractivity contribution in [3.05, 3.63) is 81.4 Å². The van der Waals surface area contributed by atoms with Gasteiger partial charge >= 0.3 is 0 Å². The van der Waals surface area contributed by atoms with Crippen LogP contribution < -0.4 is 5.32 Å². The number of nitrogens with one attached hydrogen (secondary N) is 1. The van der Waals surface area contributed by atoms with E-state index >= 15 is 0 Å². The fourth-order valence-electron chi connectivity index (χ4n) is 3.48. The highest BCUT2D eigenvalue weighted by molar-refractivity contribution is 6.11. The summed E-state index contributed by atoms with van der Waals surface area (Å²) in [6, 6.07) is 12.9. The van der Waals surface area contributed by atoms with Crippen molar-refractivity contribution in [1.82, 2.24) is 25.0 Å². The quantitative estimate of drug-likeness (QED) is 0.213. The Bertz CT molecular complexity index is 1210. The molecule has 0 amide bonds. The molecule has 3 aromatic rings. The van der Waals surface area contributed by atoms with E-state index in [9.17, 15) is 14.9 Å². The highest BCUT2D eigenvalue weighted by atomic mass is 16.6. The number of ketones is 1. The molecule has 0 aliphatic rings. The summed E-state index contributed by atoms with van der Waals surface area (Å²) in [5, 5.41) is 23.7. The number of hydrogen-bond donors (Lipinski definition) is 1. The third kappa shape index (κ3) is 5.36. The summed E-state index contributed by atoms with van der Waals surface area (Å²) in [4.78, 5) is 26.5. The number of non-ortho nitro benzene ring substituents is 1. The lowest BCUT2D eigenvalue weighted by Crippen LogP contribution is -2.27. The smallest absolute Gasteiger partial charge is 0.271 e. The maximum Gasteiger partial charge on any atom is 0.271 e. The van der Waals surface area contributed by atoms with Gasteiger partial charge in [-0.3, -0.25) is 24.4 Å². The van der Waals surface area contributed by atoms with E-state index in [0.29, 0.717) is 41.4 Å². The maximum absolute atomic E-state index is 13.4. The molecule has 34 heavy (non-hydrogen) atoms. The number of carbonyl (C=O) groups excluding carboxylic acids is 1. The van der Waals surface area contributed by atoms with Gasteiger partial charge in [0.05, 0.1) is 23.2 Å². The number of carbonyl (C=O) groups is 1. The minimum Gasteiger partial charge on any atom is -0.306 e. The number of terminal acetylenes is 1. The molecule has 0 saturated heterocycles. The number of aromatic nitrogens is 3. The molecular weight excluding hydrogens is 432 g/mol. The van der Waals surface area contributed by atoms with Gasteiger partial charge in [-0.15, -0.1) is 22.5 Å². The zero-order valence-electron chi connectivity index (χ0n) is 19.7. The van der Waals surface area contributed by atoms with Gasteiger partial charge < -0.3 is 5.32 Å². The Morgan fingerprint density at radius 1 is 1.21 bits per heavy atom. The van der Waals surface area contributed by atoms with Gasteiger partial charge in [-0.1, -0.05) is 30.3 Å². The second kappa shape index (κ2) is 10.8. The number of benzene rings is 2. The average molecular weight is 461 g/mol.